The van der Waals surface area contributed by atoms with Gasteiger partial charge in [-0.05, 0) is 48.5 Å². The first-order valence-electron chi connectivity index (χ1n) is 9.48. The van der Waals surface area contributed by atoms with Crippen LogP contribution in [0, 0.1) is 0 Å². The molecule has 7 heteroatoms. The normalized spacial score (nSPS) is 10.5. The highest BCUT2D eigenvalue weighted by Gasteiger charge is 2.21. The fraction of sp³-hybridized carbons (Fsp3) is 0.0417. The smallest absolute Gasteiger partial charge is 0.358 e. The molecular weight excluding hydrogens is 396 g/mol. The molecule has 0 bridgehead atoms. The molecule has 0 aliphatic heterocycles. The van der Waals surface area contributed by atoms with Gasteiger partial charge in [0.05, 0.1) is 0 Å². The summed E-state index contributed by atoms with van der Waals surface area (Å²) >= 11 is 0. The van der Waals surface area contributed by atoms with Crippen LogP contribution in [0.4, 0.5) is 5.69 Å². The summed E-state index contributed by atoms with van der Waals surface area (Å²) < 4.78 is 11.2. The summed E-state index contributed by atoms with van der Waals surface area (Å²) in [7, 11) is 0. The first-order valence-corrected chi connectivity index (χ1v) is 9.48. The lowest BCUT2D eigenvalue weighted by Crippen LogP contribution is -2.20. The van der Waals surface area contributed by atoms with E-state index in [-0.39, 0.29) is 29.9 Å². The number of rotatable bonds is 7. The highest BCUT2D eigenvalue weighted by molar-refractivity contribution is 5.94. The maximum absolute atomic E-state index is 12.1. The van der Waals surface area contributed by atoms with E-state index in [0.717, 1.165) is 0 Å². The molecule has 1 heterocycles. The lowest BCUT2D eigenvalue weighted by molar-refractivity contribution is -0.118. The molecule has 0 aliphatic rings. The summed E-state index contributed by atoms with van der Waals surface area (Å²) in [5, 5.41) is 12.3. The van der Waals surface area contributed by atoms with E-state index in [1.807, 2.05) is 36.4 Å². The second kappa shape index (κ2) is 8.96. The van der Waals surface area contributed by atoms with E-state index in [1.54, 1.807) is 48.5 Å². The van der Waals surface area contributed by atoms with E-state index >= 15 is 0 Å². The van der Waals surface area contributed by atoms with Crippen molar-refractivity contribution in [3.05, 3.63) is 90.6 Å². The molecule has 154 valence electrons. The molecule has 0 saturated carbocycles. The number of hydrogen-bond acceptors (Lipinski definition) is 5. The quantitative estimate of drug-likeness (QED) is 0.454. The van der Waals surface area contributed by atoms with Gasteiger partial charge < -0.3 is 19.6 Å². The molecule has 0 radical (unpaired) electrons. The van der Waals surface area contributed by atoms with Crippen LogP contribution in [-0.4, -0.2) is 28.6 Å². The van der Waals surface area contributed by atoms with Gasteiger partial charge in [-0.25, -0.2) is 9.78 Å². The summed E-state index contributed by atoms with van der Waals surface area (Å²) in [6, 6.07) is 24.8. The highest BCUT2D eigenvalue weighted by Crippen LogP contribution is 2.30. The number of carboxylic acid groups (broad SMARTS) is 1. The zero-order chi connectivity index (χ0) is 21.6. The molecule has 0 fully saturated rings. The topological polar surface area (TPSA) is 102 Å². The van der Waals surface area contributed by atoms with Crippen LogP contribution in [0.25, 0.3) is 22.8 Å². The zero-order valence-electron chi connectivity index (χ0n) is 16.3. The second-order valence-electron chi connectivity index (χ2n) is 6.60. The summed E-state index contributed by atoms with van der Waals surface area (Å²) in [5.74, 6) is -0.515. The second-order valence-corrected chi connectivity index (χ2v) is 6.60. The first-order chi connectivity index (χ1) is 15.1. The Morgan fingerprint density at radius 2 is 1.52 bits per heavy atom. The number of benzene rings is 3. The predicted molar refractivity (Wildman–Crippen MR) is 115 cm³/mol. The van der Waals surface area contributed by atoms with Crippen molar-refractivity contribution < 1.29 is 23.8 Å². The van der Waals surface area contributed by atoms with Crippen molar-refractivity contribution in [3.63, 3.8) is 0 Å². The molecule has 0 saturated heterocycles. The van der Waals surface area contributed by atoms with Gasteiger partial charge in [-0.15, -0.1) is 0 Å². The number of aromatic nitrogens is 1. The maximum atomic E-state index is 12.1. The van der Waals surface area contributed by atoms with Crippen molar-refractivity contribution in [2.75, 3.05) is 11.9 Å². The summed E-state index contributed by atoms with van der Waals surface area (Å²) in [6.07, 6.45) is 0. The first kappa shape index (κ1) is 19.9. The molecule has 7 nitrogen and oxygen atoms in total. The third kappa shape index (κ3) is 4.79. The number of carboxylic acids is 1. The largest absolute Gasteiger partial charge is 0.484 e. The third-order valence-corrected chi connectivity index (χ3v) is 4.39. The van der Waals surface area contributed by atoms with Gasteiger partial charge in [0.2, 0.25) is 5.89 Å². The molecule has 0 spiro atoms. The van der Waals surface area contributed by atoms with E-state index in [0.29, 0.717) is 22.6 Å². The van der Waals surface area contributed by atoms with Crippen molar-refractivity contribution >= 4 is 17.6 Å². The average molecular weight is 414 g/mol. The summed E-state index contributed by atoms with van der Waals surface area (Å²) in [6.45, 7) is -0.128. The Kier molecular flexibility index (Phi) is 5.75. The Hall–Kier alpha value is -4.39. The number of aromatic carboxylic acids is 1. The molecule has 4 aromatic rings. The van der Waals surface area contributed by atoms with E-state index < -0.39 is 5.97 Å². The zero-order valence-corrected chi connectivity index (χ0v) is 16.3. The van der Waals surface area contributed by atoms with Crippen LogP contribution in [0.3, 0.4) is 0 Å². The fourth-order valence-electron chi connectivity index (χ4n) is 2.93. The van der Waals surface area contributed by atoms with Gasteiger partial charge in [0.1, 0.15) is 5.75 Å². The Morgan fingerprint density at radius 1 is 0.871 bits per heavy atom. The number of carbonyl (C=O) groups excluding carboxylic acids is 1. The van der Waals surface area contributed by atoms with Crippen LogP contribution in [0.2, 0.25) is 0 Å². The molecule has 0 aliphatic carbocycles. The van der Waals surface area contributed by atoms with Gasteiger partial charge in [-0.3, -0.25) is 4.79 Å². The van der Waals surface area contributed by atoms with Crippen LogP contribution >= 0.6 is 0 Å². The minimum Gasteiger partial charge on any atom is -0.484 e. The van der Waals surface area contributed by atoms with E-state index in [9.17, 15) is 14.7 Å². The highest BCUT2D eigenvalue weighted by atomic mass is 16.5. The minimum absolute atomic E-state index is 0.128. The number of para-hydroxylation sites is 1. The van der Waals surface area contributed by atoms with Crippen LogP contribution in [0.5, 0.6) is 5.75 Å². The fourth-order valence-corrected chi connectivity index (χ4v) is 2.93. The Bertz CT molecular complexity index is 1190. The van der Waals surface area contributed by atoms with Gasteiger partial charge in [-0.2, -0.15) is 0 Å². The molecule has 0 atom stereocenters. The van der Waals surface area contributed by atoms with Crippen molar-refractivity contribution in [2.24, 2.45) is 0 Å². The number of amides is 1. The van der Waals surface area contributed by atoms with Gasteiger partial charge in [-0.1, -0.05) is 36.4 Å². The molecule has 1 aromatic heterocycles. The van der Waals surface area contributed by atoms with Gasteiger partial charge >= 0.3 is 5.97 Å². The number of ether oxygens (including phenoxy) is 1. The van der Waals surface area contributed by atoms with Gasteiger partial charge in [0.25, 0.3) is 5.91 Å². The maximum Gasteiger partial charge on any atom is 0.358 e. The molecule has 3 aromatic carbocycles. The number of nitrogens with one attached hydrogen (secondary N) is 1. The number of nitrogens with zero attached hydrogens (tertiary/aromatic N) is 1. The minimum atomic E-state index is -1.18. The molecule has 1 amide bonds. The predicted octanol–water partition coefficient (Wildman–Crippen LogP) is 4.72. The van der Waals surface area contributed by atoms with E-state index in [2.05, 4.69) is 10.3 Å². The van der Waals surface area contributed by atoms with Crippen LogP contribution in [0.15, 0.2) is 89.3 Å². The number of oxazole rings is 1. The van der Waals surface area contributed by atoms with Crippen molar-refractivity contribution in [1.82, 2.24) is 4.98 Å². The summed E-state index contributed by atoms with van der Waals surface area (Å²) in [4.78, 5) is 27.9. The Labute approximate surface area is 177 Å². The molecule has 2 N–H and O–H groups in total. The van der Waals surface area contributed by atoms with Crippen molar-refractivity contribution in [1.29, 1.82) is 0 Å². The standard InChI is InChI=1S/C24H18N2O5/c27-20(15-30-19-9-5-2-6-10-19)25-18-13-11-16(12-14-18)22-21(24(28)29)26-23(31-22)17-7-3-1-4-8-17/h1-14H,15H2,(H,25,27)(H,28,29). The van der Waals surface area contributed by atoms with Crippen molar-refractivity contribution in [3.8, 4) is 28.5 Å². The SMILES string of the molecule is O=C(COc1ccccc1)Nc1ccc(-c2oc(-c3ccccc3)nc2C(=O)O)cc1. The van der Waals surface area contributed by atoms with Crippen LogP contribution in [-0.2, 0) is 4.79 Å². The lowest BCUT2D eigenvalue weighted by Gasteiger charge is -2.08. The lowest BCUT2D eigenvalue weighted by atomic mass is 10.1. The van der Waals surface area contributed by atoms with Crippen molar-refractivity contribution in [2.45, 2.75) is 0 Å². The monoisotopic (exact) mass is 414 g/mol. The summed E-state index contributed by atoms with van der Waals surface area (Å²) in [5.41, 5.74) is 1.58. The number of carbonyl (C=O) groups is 2. The van der Waals surface area contributed by atoms with E-state index in [4.69, 9.17) is 9.15 Å². The van der Waals surface area contributed by atoms with Gasteiger partial charge in [0, 0.05) is 16.8 Å². The Morgan fingerprint density at radius 3 is 2.16 bits per heavy atom. The molecular formula is C24H18N2O5. The van der Waals surface area contributed by atoms with Crippen LogP contribution < -0.4 is 10.1 Å². The van der Waals surface area contributed by atoms with Crippen LogP contribution in [0.1, 0.15) is 10.5 Å². The van der Waals surface area contributed by atoms with Gasteiger partial charge in [0.15, 0.2) is 18.1 Å². The molecule has 4 rings (SSSR count). The molecule has 31 heavy (non-hydrogen) atoms. The Balaban J connectivity index is 1.48. The number of anilines is 1. The number of hydrogen-bond donors (Lipinski definition) is 2. The molecule has 0 unspecified atom stereocenters. The van der Waals surface area contributed by atoms with E-state index in [1.165, 1.54) is 0 Å². The third-order valence-electron chi connectivity index (χ3n) is 4.39. The average Bonchev–Trinajstić information content (AvgIpc) is 3.25.